The van der Waals surface area contributed by atoms with Gasteiger partial charge in [0, 0.05) is 0 Å². The second-order valence-corrected chi connectivity index (χ2v) is 0.283. The molecule has 0 atom stereocenters. The molecule has 0 heterocycles. The van der Waals surface area contributed by atoms with E-state index in [1.807, 2.05) is 0 Å². The van der Waals surface area contributed by atoms with Gasteiger partial charge in [-0.05, 0) is 0 Å². The van der Waals surface area contributed by atoms with E-state index < -0.39 is 6.16 Å². The monoisotopic (exact) mass is 144 g/mol. The molecule has 0 aliphatic heterocycles. The van der Waals surface area contributed by atoms with Crippen molar-refractivity contribution in [2.75, 3.05) is 0 Å². The van der Waals surface area contributed by atoms with E-state index >= 15 is 0 Å². The van der Waals surface area contributed by atoms with Gasteiger partial charge in [-0.25, -0.2) is 4.79 Å². The van der Waals surface area contributed by atoms with Crippen LogP contribution >= 0.6 is 0 Å². The molecule has 7 heavy (non-hydrogen) atoms. The summed E-state index contributed by atoms with van der Waals surface area (Å²) in [5.74, 6) is 0. The molecule has 0 amide bonds. The fourth-order valence-electron chi connectivity index (χ4n) is 0. The minimum Gasteiger partial charge on any atom is -1.00 e. The molecule has 0 aromatic heterocycles. The molecule has 0 fully saturated rings. The molecule has 6 heteroatoms. The average molecular weight is 145 g/mol. The van der Waals surface area contributed by atoms with E-state index in [0.29, 0.717) is 0 Å². The minimum atomic E-state index is -1.83. The molecule has 0 radical (unpaired) electrons. The van der Waals surface area contributed by atoms with Crippen LogP contribution in [-0.4, -0.2) is 16.4 Å². The first-order valence-corrected chi connectivity index (χ1v) is 0.651. The van der Waals surface area contributed by atoms with Crippen LogP contribution in [0, 0.1) is 0 Å². The molecule has 0 aliphatic carbocycles. The number of carbonyl (C=O) groups is 1. The number of hydrogen-bond donors (Lipinski definition) is 2. The third kappa shape index (κ3) is 81.3. The molecule has 0 spiro atoms. The Hall–Kier alpha value is 1.79. The Morgan fingerprint density at radius 3 is 1.43 bits per heavy atom. The summed E-state index contributed by atoms with van der Waals surface area (Å²) in [7, 11) is 0. The molecule has 0 aliphatic rings. The fourth-order valence-corrected chi connectivity index (χ4v) is 0. The van der Waals surface area contributed by atoms with E-state index in [1.54, 1.807) is 0 Å². The molecule has 0 unspecified atom stereocenters. The van der Waals surface area contributed by atoms with Gasteiger partial charge in [0.2, 0.25) is 0 Å². The van der Waals surface area contributed by atoms with Gasteiger partial charge in [0.1, 0.15) is 0 Å². The van der Waals surface area contributed by atoms with E-state index in [0.717, 1.165) is 0 Å². The van der Waals surface area contributed by atoms with E-state index in [-0.39, 0.29) is 84.1 Å². The SMILES string of the molecule is O=C(O)O.[Cl-].[H-].[K+].[Li+]. The Morgan fingerprint density at radius 2 is 1.43 bits per heavy atom. The molecule has 0 aromatic rings. The number of rotatable bonds is 0. The van der Waals surface area contributed by atoms with E-state index in [4.69, 9.17) is 15.0 Å². The fraction of sp³-hybridized carbons (Fsp3) is 0. The van der Waals surface area contributed by atoms with Crippen LogP contribution in [0.2, 0.25) is 0 Å². The zero-order chi connectivity index (χ0) is 3.58. The molecular weight excluding hydrogens is 142 g/mol. The van der Waals surface area contributed by atoms with Crippen molar-refractivity contribution in [3.05, 3.63) is 0 Å². The second kappa shape index (κ2) is 15.7. The van der Waals surface area contributed by atoms with Gasteiger partial charge < -0.3 is 24.0 Å². The van der Waals surface area contributed by atoms with Crippen LogP contribution in [0.4, 0.5) is 4.79 Å². The largest absolute Gasteiger partial charge is 1.00 e. The molecule has 0 saturated heterocycles. The summed E-state index contributed by atoms with van der Waals surface area (Å²) in [5, 5.41) is 13.9. The summed E-state index contributed by atoms with van der Waals surface area (Å²) in [6, 6.07) is 0. The molecule has 0 rings (SSSR count). The number of halogens is 1. The molecule has 0 aromatic carbocycles. The van der Waals surface area contributed by atoms with Crippen LogP contribution in [0.1, 0.15) is 1.43 Å². The maximum Gasteiger partial charge on any atom is 1.00 e. The van der Waals surface area contributed by atoms with Gasteiger partial charge in [-0.1, -0.05) is 0 Å². The van der Waals surface area contributed by atoms with Crippen molar-refractivity contribution in [3.63, 3.8) is 0 Å². The predicted molar refractivity (Wildman–Crippen MR) is 11.8 cm³/mol. The van der Waals surface area contributed by atoms with Crippen LogP contribution in [0.25, 0.3) is 0 Å². The number of carboxylic acid groups (broad SMARTS) is 2. The van der Waals surface area contributed by atoms with Gasteiger partial charge in [-0.15, -0.1) is 0 Å². The van der Waals surface area contributed by atoms with Crippen LogP contribution in [0.15, 0.2) is 0 Å². The van der Waals surface area contributed by atoms with Crippen molar-refractivity contribution in [1.82, 2.24) is 0 Å². The predicted octanol–water partition coefficient (Wildman–Crippen LogP) is -8.65. The van der Waals surface area contributed by atoms with Crippen molar-refractivity contribution < 1.29 is 99.1 Å². The molecule has 34 valence electrons. The van der Waals surface area contributed by atoms with Gasteiger partial charge in [0.15, 0.2) is 0 Å². The van der Waals surface area contributed by atoms with Crippen LogP contribution in [-0.2, 0) is 0 Å². The summed E-state index contributed by atoms with van der Waals surface area (Å²) < 4.78 is 0. The second-order valence-electron chi connectivity index (χ2n) is 0.283. The van der Waals surface area contributed by atoms with Crippen LogP contribution in [0.3, 0.4) is 0 Å². The van der Waals surface area contributed by atoms with Gasteiger partial charge >= 0.3 is 76.4 Å². The first kappa shape index (κ1) is 23.2. The van der Waals surface area contributed by atoms with Gasteiger partial charge in [-0.2, -0.15) is 0 Å². The maximum absolute atomic E-state index is 8.56. The standard InChI is InChI=1S/CH2O3.ClH.K.Li.H/c2-1(3)4;;;;/h(H2,2,3,4);1H;;;/q;;2*+1;-1/p-1. The first-order chi connectivity index (χ1) is 1.73. The summed E-state index contributed by atoms with van der Waals surface area (Å²) in [6.07, 6.45) is -1.83. The van der Waals surface area contributed by atoms with E-state index in [1.165, 1.54) is 0 Å². The quantitative estimate of drug-likeness (QED) is 0.332. The maximum atomic E-state index is 8.56. The molecular formula is CH3ClKLiO3. The molecule has 2 N–H and O–H groups in total. The Bertz CT molecular complexity index is 42.3. The van der Waals surface area contributed by atoms with Crippen molar-refractivity contribution in [3.8, 4) is 0 Å². The van der Waals surface area contributed by atoms with E-state index in [9.17, 15) is 0 Å². The zero-order valence-corrected chi connectivity index (χ0v) is 8.06. The topological polar surface area (TPSA) is 57.5 Å². The third-order valence-corrected chi connectivity index (χ3v) is 0. The average Bonchev–Trinajstić information content (AvgIpc) is 0.811. The summed E-state index contributed by atoms with van der Waals surface area (Å²) in [4.78, 5) is 8.56. The normalized spacial score (nSPS) is 3.43. The van der Waals surface area contributed by atoms with Gasteiger partial charge in [-0.3, -0.25) is 0 Å². The van der Waals surface area contributed by atoms with Crippen LogP contribution < -0.4 is 82.7 Å². The molecule has 0 saturated carbocycles. The summed E-state index contributed by atoms with van der Waals surface area (Å²) >= 11 is 0. The summed E-state index contributed by atoms with van der Waals surface area (Å²) in [5.41, 5.74) is 0. The Labute approximate surface area is 103 Å². The Morgan fingerprint density at radius 1 is 1.43 bits per heavy atom. The Kier molecular flexibility index (Phi) is 52.0. The van der Waals surface area contributed by atoms with Gasteiger partial charge in [0.05, 0.1) is 0 Å². The zero-order valence-electron chi connectivity index (χ0n) is 5.18. The molecule has 0 bridgehead atoms. The van der Waals surface area contributed by atoms with Crippen LogP contribution in [0.5, 0.6) is 0 Å². The summed E-state index contributed by atoms with van der Waals surface area (Å²) in [6.45, 7) is 0. The van der Waals surface area contributed by atoms with Crippen molar-refractivity contribution in [1.29, 1.82) is 0 Å². The van der Waals surface area contributed by atoms with Crippen molar-refractivity contribution in [2.24, 2.45) is 0 Å². The van der Waals surface area contributed by atoms with E-state index in [2.05, 4.69) is 0 Å². The minimum absolute atomic E-state index is 0. The molecule has 3 nitrogen and oxygen atoms in total. The number of hydrogen-bond acceptors (Lipinski definition) is 1. The van der Waals surface area contributed by atoms with Crippen molar-refractivity contribution in [2.45, 2.75) is 0 Å². The third-order valence-electron chi connectivity index (χ3n) is 0. The van der Waals surface area contributed by atoms with Gasteiger partial charge in [0.25, 0.3) is 0 Å². The van der Waals surface area contributed by atoms with Crippen molar-refractivity contribution >= 4 is 6.16 Å². The first-order valence-electron chi connectivity index (χ1n) is 0.651. The Balaban J connectivity index is -0.00000000750. The smallest absolute Gasteiger partial charge is 1.00 e.